The molecule has 0 aromatic carbocycles. The Morgan fingerprint density at radius 1 is 1.43 bits per heavy atom. The number of piperidine rings is 1. The highest BCUT2D eigenvalue weighted by atomic mass is 16.5. The first-order valence-electron chi connectivity index (χ1n) is 5.36. The molecule has 0 amide bonds. The van der Waals surface area contributed by atoms with Crippen LogP contribution < -0.4 is 5.32 Å². The second-order valence-corrected chi connectivity index (χ2v) is 4.79. The third kappa shape index (κ3) is 3.29. The van der Waals surface area contributed by atoms with Gasteiger partial charge in [0.25, 0.3) is 0 Å². The summed E-state index contributed by atoms with van der Waals surface area (Å²) in [4.78, 5) is 10.7. The van der Waals surface area contributed by atoms with E-state index < -0.39 is 0 Å². The van der Waals surface area contributed by atoms with E-state index in [0.29, 0.717) is 12.5 Å². The zero-order valence-corrected chi connectivity index (χ0v) is 9.43. The van der Waals surface area contributed by atoms with Crippen molar-refractivity contribution in [3.8, 4) is 0 Å². The minimum Gasteiger partial charge on any atom is -0.465 e. The van der Waals surface area contributed by atoms with Crippen molar-refractivity contribution in [2.75, 3.05) is 19.7 Å². The van der Waals surface area contributed by atoms with Crippen molar-refractivity contribution < 1.29 is 9.53 Å². The molecule has 0 atom stereocenters. The topological polar surface area (TPSA) is 38.3 Å². The molecule has 1 aliphatic heterocycles. The van der Waals surface area contributed by atoms with Gasteiger partial charge in [-0.15, -0.1) is 0 Å². The minimum atomic E-state index is -0.174. The first kappa shape index (κ1) is 11.5. The number of nitrogens with one attached hydrogen (secondary N) is 1. The van der Waals surface area contributed by atoms with Gasteiger partial charge in [0.1, 0.15) is 0 Å². The summed E-state index contributed by atoms with van der Waals surface area (Å²) in [5.41, 5.74) is 0.119. The lowest BCUT2D eigenvalue weighted by molar-refractivity contribution is -0.145. The quantitative estimate of drug-likeness (QED) is 0.701. The first-order valence-corrected chi connectivity index (χ1v) is 5.36. The number of ether oxygens (including phenoxy) is 1. The molecule has 82 valence electrons. The molecule has 3 heteroatoms. The summed E-state index contributed by atoms with van der Waals surface area (Å²) in [6.07, 6.45) is 2.38. The number of carbonyl (C=O) groups is 1. The smallest absolute Gasteiger partial charge is 0.302 e. The molecule has 1 rings (SSSR count). The third-order valence-corrected chi connectivity index (χ3v) is 3.09. The van der Waals surface area contributed by atoms with Gasteiger partial charge in [-0.2, -0.15) is 0 Å². The van der Waals surface area contributed by atoms with Crippen LogP contribution in [0.15, 0.2) is 0 Å². The Bertz CT molecular complexity index is 195. The van der Waals surface area contributed by atoms with Crippen molar-refractivity contribution in [1.29, 1.82) is 0 Å². The zero-order valence-electron chi connectivity index (χ0n) is 9.43. The highest BCUT2D eigenvalue weighted by Gasteiger charge is 2.31. The molecule has 0 saturated carbocycles. The van der Waals surface area contributed by atoms with Crippen LogP contribution in [0.4, 0.5) is 0 Å². The standard InChI is InChI=1S/C11H21NO2/c1-9(13)14-8-11(2,3)10-4-6-12-7-5-10/h10,12H,4-8H2,1-3H3. The molecular formula is C11H21NO2. The lowest BCUT2D eigenvalue weighted by atomic mass is 9.74. The van der Waals surface area contributed by atoms with Crippen LogP contribution in [-0.2, 0) is 9.53 Å². The normalized spacial score (nSPS) is 19.4. The molecule has 0 unspecified atom stereocenters. The van der Waals surface area contributed by atoms with Crippen LogP contribution in [0, 0.1) is 11.3 Å². The molecular weight excluding hydrogens is 178 g/mol. The van der Waals surface area contributed by atoms with Gasteiger partial charge in [-0.1, -0.05) is 13.8 Å². The summed E-state index contributed by atoms with van der Waals surface area (Å²) in [6, 6.07) is 0. The molecule has 0 bridgehead atoms. The summed E-state index contributed by atoms with van der Waals surface area (Å²) in [7, 11) is 0. The van der Waals surface area contributed by atoms with E-state index in [-0.39, 0.29) is 11.4 Å². The fourth-order valence-electron chi connectivity index (χ4n) is 2.01. The number of esters is 1. The Labute approximate surface area is 86.2 Å². The predicted octanol–water partition coefficient (Wildman–Crippen LogP) is 1.58. The van der Waals surface area contributed by atoms with Crippen LogP contribution in [-0.4, -0.2) is 25.7 Å². The van der Waals surface area contributed by atoms with Crippen LogP contribution in [0.25, 0.3) is 0 Å². The van der Waals surface area contributed by atoms with Crippen molar-refractivity contribution in [2.45, 2.75) is 33.6 Å². The Balaban J connectivity index is 2.41. The van der Waals surface area contributed by atoms with Gasteiger partial charge < -0.3 is 10.1 Å². The van der Waals surface area contributed by atoms with Crippen molar-refractivity contribution >= 4 is 5.97 Å². The fourth-order valence-corrected chi connectivity index (χ4v) is 2.01. The van der Waals surface area contributed by atoms with Crippen LogP contribution >= 0.6 is 0 Å². The van der Waals surface area contributed by atoms with Crippen LogP contribution in [0.3, 0.4) is 0 Å². The molecule has 0 spiro atoms. The molecule has 0 aromatic rings. The fraction of sp³-hybridized carbons (Fsp3) is 0.909. The van der Waals surface area contributed by atoms with E-state index >= 15 is 0 Å². The summed E-state index contributed by atoms with van der Waals surface area (Å²) in [6.45, 7) is 8.58. The largest absolute Gasteiger partial charge is 0.465 e. The lowest BCUT2D eigenvalue weighted by Crippen LogP contribution is -2.38. The summed E-state index contributed by atoms with van der Waals surface area (Å²) in [5, 5.41) is 3.34. The van der Waals surface area contributed by atoms with E-state index in [4.69, 9.17) is 4.74 Å². The molecule has 1 fully saturated rings. The van der Waals surface area contributed by atoms with Gasteiger partial charge in [0.05, 0.1) is 6.61 Å². The second-order valence-electron chi connectivity index (χ2n) is 4.79. The van der Waals surface area contributed by atoms with Crippen molar-refractivity contribution in [3.05, 3.63) is 0 Å². The van der Waals surface area contributed by atoms with E-state index in [1.54, 1.807) is 0 Å². The Hall–Kier alpha value is -0.570. The van der Waals surface area contributed by atoms with Gasteiger partial charge >= 0.3 is 5.97 Å². The first-order chi connectivity index (χ1) is 6.52. The summed E-state index contributed by atoms with van der Waals surface area (Å²) in [5.74, 6) is 0.495. The van der Waals surface area contributed by atoms with Gasteiger partial charge in [-0.3, -0.25) is 4.79 Å². The Kier molecular flexibility index (Phi) is 3.93. The van der Waals surface area contributed by atoms with E-state index in [9.17, 15) is 4.79 Å². The van der Waals surface area contributed by atoms with E-state index in [2.05, 4.69) is 19.2 Å². The molecule has 14 heavy (non-hydrogen) atoms. The van der Waals surface area contributed by atoms with Crippen molar-refractivity contribution in [2.24, 2.45) is 11.3 Å². The van der Waals surface area contributed by atoms with Crippen molar-refractivity contribution in [3.63, 3.8) is 0 Å². The van der Waals surface area contributed by atoms with Crippen LogP contribution in [0.1, 0.15) is 33.6 Å². The van der Waals surface area contributed by atoms with Gasteiger partial charge in [-0.05, 0) is 31.8 Å². The Morgan fingerprint density at radius 2 is 2.00 bits per heavy atom. The van der Waals surface area contributed by atoms with E-state index in [0.717, 1.165) is 13.1 Å². The summed E-state index contributed by atoms with van der Waals surface area (Å²) >= 11 is 0. The maximum atomic E-state index is 10.7. The molecule has 3 nitrogen and oxygen atoms in total. The monoisotopic (exact) mass is 199 g/mol. The van der Waals surface area contributed by atoms with Crippen LogP contribution in [0.5, 0.6) is 0 Å². The maximum Gasteiger partial charge on any atom is 0.302 e. The van der Waals surface area contributed by atoms with E-state index in [1.807, 2.05) is 0 Å². The number of rotatable bonds is 3. The number of hydrogen-bond donors (Lipinski definition) is 1. The van der Waals surface area contributed by atoms with Gasteiger partial charge in [0.2, 0.25) is 0 Å². The molecule has 1 heterocycles. The van der Waals surface area contributed by atoms with Crippen LogP contribution in [0.2, 0.25) is 0 Å². The number of hydrogen-bond acceptors (Lipinski definition) is 3. The predicted molar refractivity (Wildman–Crippen MR) is 56.0 cm³/mol. The molecule has 0 aliphatic carbocycles. The number of carbonyl (C=O) groups excluding carboxylic acids is 1. The van der Waals surface area contributed by atoms with Gasteiger partial charge in [0, 0.05) is 12.3 Å². The maximum absolute atomic E-state index is 10.7. The van der Waals surface area contributed by atoms with Crippen molar-refractivity contribution in [1.82, 2.24) is 5.32 Å². The highest BCUT2D eigenvalue weighted by molar-refractivity contribution is 5.65. The average Bonchev–Trinajstić information content (AvgIpc) is 2.16. The zero-order chi connectivity index (χ0) is 10.6. The van der Waals surface area contributed by atoms with Gasteiger partial charge in [0.15, 0.2) is 0 Å². The minimum absolute atomic E-state index is 0.119. The average molecular weight is 199 g/mol. The molecule has 1 N–H and O–H groups in total. The Morgan fingerprint density at radius 3 is 2.50 bits per heavy atom. The molecule has 1 saturated heterocycles. The van der Waals surface area contributed by atoms with Gasteiger partial charge in [-0.25, -0.2) is 0 Å². The molecule has 0 radical (unpaired) electrons. The van der Waals surface area contributed by atoms with E-state index in [1.165, 1.54) is 19.8 Å². The molecule has 1 aliphatic rings. The molecule has 0 aromatic heterocycles. The lowest BCUT2D eigenvalue weighted by Gasteiger charge is -2.36. The second kappa shape index (κ2) is 4.78. The third-order valence-electron chi connectivity index (χ3n) is 3.09. The summed E-state index contributed by atoms with van der Waals surface area (Å²) < 4.78 is 5.10. The SMILES string of the molecule is CC(=O)OCC(C)(C)C1CCNCC1. The highest BCUT2D eigenvalue weighted by Crippen LogP contribution is 2.33.